The van der Waals surface area contributed by atoms with Crippen LogP contribution in [0.4, 0.5) is 4.79 Å². The molecule has 68 heavy (non-hydrogen) atoms. The lowest BCUT2D eigenvalue weighted by Gasteiger charge is -2.25. The summed E-state index contributed by atoms with van der Waals surface area (Å²) in [4.78, 5) is 52.7. The van der Waals surface area contributed by atoms with E-state index >= 15 is 0 Å². The van der Waals surface area contributed by atoms with Gasteiger partial charge in [-0.2, -0.15) is 11.8 Å². The van der Waals surface area contributed by atoms with Crippen LogP contribution in [0.5, 0.6) is 0 Å². The lowest BCUT2D eigenvalue weighted by atomic mass is 9.98. The van der Waals surface area contributed by atoms with Gasteiger partial charge >= 0.3 is 24.0 Å². The van der Waals surface area contributed by atoms with Gasteiger partial charge in [0.15, 0.2) is 0 Å². The summed E-state index contributed by atoms with van der Waals surface area (Å²) < 4.78 is 23.2. The van der Waals surface area contributed by atoms with Gasteiger partial charge in [-0.05, 0) is 55.9 Å². The predicted octanol–water partition coefficient (Wildman–Crippen LogP) is 15.8. The van der Waals surface area contributed by atoms with E-state index in [1.807, 2.05) is 24.3 Å². The third-order valence-corrected chi connectivity index (χ3v) is 14.1. The molecule has 9 nitrogen and oxygen atoms in total. The molecule has 0 heterocycles. The van der Waals surface area contributed by atoms with Crippen molar-refractivity contribution in [1.82, 2.24) is 5.32 Å². The zero-order valence-corrected chi connectivity index (χ0v) is 44.2. The molecule has 3 rings (SSSR count). The standard InChI is InChI=1S/C58H93NO8S/c1-6-8-10-12-14-16-18-20-22-24-26-28-30-40-54(60)64-43-42-47(66-55(61)41-31-29-27-25-23-21-19-17-15-13-11-9-7-2)45-68-46-53(56(62)67-58(3,4)5)59-57(63)65-44-52-50-38-34-32-36-48(50)49-37-33-35-39-51(49)52/h32-39,47,52-53H,6-31,40-46H2,1-5H3,(H,59,63)/t47-,53-/m0/s1. The van der Waals surface area contributed by atoms with E-state index in [0.29, 0.717) is 25.0 Å². The number of alkyl carbamates (subject to hydrolysis) is 1. The maximum Gasteiger partial charge on any atom is 0.407 e. The summed E-state index contributed by atoms with van der Waals surface area (Å²) in [6, 6.07) is 15.3. The Labute approximate surface area is 417 Å². The molecule has 1 aliphatic carbocycles. The van der Waals surface area contributed by atoms with Crippen LogP contribution in [-0.4, -0.2) is 66.5 Å². The van der Waals surface area contributed by atoms with Gasteiger partial charge in [0.25, 0.3) is 0 Å². The number of thioether (sulfide) groups is 1. The van der Waals surface area contributed by atoms with Crippen LogP contribution in [0.15, 0.2) is 48.5 Å². The van der Waals surface area contributed by atoms with Gasteiger partial charge in [0.05, 0.1) is 6.61 Å². The number of hydrogen-bond donors (Lipinski definition) is 1. The molecule has 10 heteroatoms. The molecular weight excluding hydrogens is 871 g/mol. The summed E-state index contributed by atoms with van der Waals surface area (Å²) in [6.45, 7) is 10.1. The second-order valence-corrected chi connectivity index (χ2v) is 21.3. The van der Waals surface area contributed by atoms with E-state index in [1.54, 1.807) is 20.8 Å². The average Bonchev–Trinajstić information content (AvgIpc) is 3.63. The molecule has 1 aliphatic rings. The number of hydrogen-bond acceptors (Lipinski definition) is 9. The maximum atomic E-state index is 13.5. The molecule has 0 saturated carbocycles. The van der Waals surface area contributed by atoms with Crippen molar-refractivity contribution in [3.63, 3.8) is 0 Å². The summed E-state index contributed by atoms with van der Waals surface area (Å²) in [5.74, 6) is -0.665. The van der Waals surface area contributed by atoms with Crippen LogP contribution >= 0.6 is 11.8 Å². The Morgan fingerprint density at radius 1 is 0.559 bits per heavy atom. The molecule has 0 saturated heterocycles. The van der Waals surface area contributed by atoms with Crippen LogP contribution in [0, 0.1) is 0 Å². The van der Waals surface area contributed by atoms with Crippen LogP contribution in [0.3, 0.4) is 0 Å². The van der Waals surface area contributed by atoms with E-state index in [4.69, 9.17) is 18.9 Å². The Bertz CT molecular complexity index is 1630. The van der Waals surface area contributed by atoms with Crippen molar-refractivity contribution < 1.29 is 38.1 Å². The number of nitrogens with one attached hydrogen (secondary N) is 1. The number of fused-ring (bicyclic) bond motifs is 3. The molecule has 0 unspecified atom stereocenters. The highest BCUT2D eigenvalue weighted by atomic mass is 32.2. The lowest BCUT2D eigenvalue weighted by molar-refractivity contribution is -0.157. The van der Waals surface area contributed by atoms with Crippen molar-refractivity contribution in [2.75, 3.05) is 24.7 Å². The van der Waals surface area contributed by atoms with Gasteiger partial charge < -0.3 is 24.3 Å². The Balaban J connectivity index is 1.46. The minimum Gasteiger partial charge on any atom is -0.466 e. The van der Waals surface area contributed by atoms with Crippen molar-refractivity contribution in [3.05, 3.63) is 59.7 Å². The van der Waals surface area contributed by atoms with Gasteiger partial charge in [-0.25, -0.2) is 9.59 Å². The average molecular weight is 964 g/mol. The second kappa shape index (κ2) is 36.4. The van der Waals surface area contributed by atoms with Crippen molar-refractivity contribution in [2.45, 2.75) is 244 Å². The first kappa shape index (κ1) is 58.8. The number of carbonyl (C=O) groups excluding carboxylic acids is 4. The maximum absolute atomic E-state index is 13.5. The molecule has 0 bridgehead atoms. The van der Waals surface area contributed by atoms with E-state index in [9.17, 15) is 19.2 Å². The van der Waals surface area contributed by atoms with Gasteiger partial charge in [-0.3, -0.25) is 9.59 Å². The first-order chi connectivity index (χ1) is 33.0. The zero-order chi connectivity index (χ0) is 49.1. The summed E-state index contributed by atoms with van der Waals surface area (Å²) in [6.07, 6.45) is 32.0. The molecule has 1 N–H and O–H groups in total. The predicted molar refractivity (Wildman–Crippen MR) is 281 cm³/mol. The smallest absolute Gasteiger partial charge is 0.407 e. The second-order valence-electron chi connectivity index (χ2n) is 20.2. The van der Waals surface area contributed by atoms with E-state index in [-0.39, 0.29) is 36.8 Å². The summed E-state index contributed by atoms with van der Waals surface area (Å²) in [5, 5.41) is 2.77. The minimum absolute atomic E-state index is 0.114. The van der Waals surface area contributed by atoms with Crippen molar-refractivity contribution in [3.8, 4) is 11.1 Å². The molecule has 2 atom stereocenters. The first-order valence-corrected chi connectivity index (χ1v) is 28.4. The number of unbranched alkanes of at least 4 members (excludes halogenated alkanes) is 24. The van der Waals surface area contributed by atoms with Gasteiger partial charge in [-0.15, -0.1) is 0 Å². The largest absolute Gasteiger partial charge is 0.466 e. The highest BCUT2D eigenvalue weighted by Crippen LogP contribution is 2.44. The number of benzene rings is 2. The molecule has 0 fully saturated rings. The van der Waals surface area contributed by atoms with Gasteiger partial charge in [0.2, 0.25) is 0 Å². The monoisotopic (exact) mass is 964 g/mol. The molecule has 0 aromatic heterocycles. The fourth-order valence-electron chi connectivity index (χ4n) is 9.01. The quantitative estimate of drug-likeness (QED) is 0.0396. The number of esters is 3. The van der Waals surface area contributed by atoms with E-state index in [1.165, 1.54) is 140 Å². The number of carbonyl (C=O) groups is 4. The molecular formula is C58H93NO8S. The fraction of sp³-hybridized carbons (Fsp3) is 0.724. The molecule has 0 spiro atoms. The third-order valence-electron chi connectivity index (χ3n) is 12.9. The molecule has 0 aliphatic heterocycles. The van der Waals surface area contributed by atoms with E-state index in [2.05, 4.69) is 43.4 Å². The van der Waals surface area contributed by atoms with Gasteiger partial charge in [0.1, 0.15) is 24.4 Å². The molecule has 2 aromatic carbocycles. The minimum atomic E-state index is -1.00. The zero-order valence-electron chi connectivity index (χ0n) is 43.4. The normalized spacial score (nSPS) is 13.1. The van der Waals surface area contributed by atoms with Crippen molar-refractivity contribution >= 4 is 35.8 Å². The first-order valence-electron chi connectivity index (χ1n) is 27.3. The number of amides is 1. The highest BCUT2D eigenvalue weighted by molar-refractivity contribution is 7.99. The molecule has 1 amide bonds. The van der Waals surface area contributed by atoms with Gasteiger partial charge in [-0.1, -0.05) is 216 Å². The Morgan fingerprint density at radius 2 is 0.985 bits per heavy atom. The van der Waals surface area contributed by atoms with Crippen LogP contribution in [0.1, 0.15) is 238 Å². The van der Waals surface area contributed by atoms with E-state index < -0.39 is 29.8 Å². The van der Waals surface area contributed by atoms with E-state index in [0.717, 1.165) is 60.8 Å². The Hall–Kier alpha value is -3.53. The van der Waals surface area contributed by atoms with Crippen LogP contribution in [0.2, 0.25) is 0 Å². The Kier molecular flexibility index (Phi) is 31.5. The number of rotatable bonds is 40. The fourth-order valence-corrected chi connectivity index (χ4v) is 10.1. The molecule has 2 aromatic rings. The lowest BCUT2D eigenvalue weighted by Crippen LogP contribution is -2.46. The van der Waals surface area contributed by atoms with Crippen LogP contribution < -0.4 is 5.32 Å². The Morgan fingerprint density at radius 3 is 1.44 bits per heavy atom. The van der Waals surface area contributed by atoms with Crippen molar-refractivity contribution in [1.29, 1.82) is 0 Å². The molecule has 384 valence electrons. The number of ether oxygens (including phenoxy) is 4. The highest BCUT2D eigenvalue weighted by Gasteiger charge is 2.31. The summed E-state index contributed by atoms with van der Waals surface area (Å²) >= 11 is 1.38. The van der Waals surface area contributed by atoms with Crippen LogP contribution in [-0.2, 0) is 33.3 Å². The third kappa shape index (κ3) is 26.4. The van der Waals surface area contributed by atoms with Crippen molar-refractivity contribution in [2.24, 2.45) is 0 Å². The molecule has 0 radical (unpaired) electrons. The summed E-state index contributed by atoms with van der Waals surface area (Å²) in [5.41, 5.74) is 3.68. The summed E-state index contributed by atoms with van der Waals surface area (Å²) in [7, 11) is 0. The topological polar surface area (TPSA) is 117 Å². The van der Waals surface area contributed by atoms with Gasteiger partial charge in [0, 0.05) is 36.7 Å². The SMILES string of the molecule is CCCCCCCCCCCCCCCC(=O)OCC[C@@H](CSC[C@H](NC(=O)OCC1c2ccccc2-c2ccccc21)C(=O)OC(C)(C)C)OC(=O)CCCCCCCCCCCCCCC. The van der Waals surface area contributed by atoms with Crippen LogP contribution in [0.25, 0.3) is 11.1 Å².